The Morgan fingerprint density at radius 3 is 2.94 bits per heavy atom. The minimum absolute atomic E-state index is 0.334. The fourth-order valence-corrected chi connectivity index (χ4v) is 4.01. The lowest BCUT2D eigenvalue weighted by molar-refractivity contribution is 0.505. The van der Waals surface area contributed by atoms with Crippen molar-refractivity contribution in [3.63, 3.8) is 0 Å². The van der Waals surface area contributed by atoms with E-state index in [-0.39, 0.29) is 0 Å². The fourth-order valence-electron chi connectivity index (χ4n) is 2.66. The molecule has 0 amide bonds. The van der Waals surface area contributed by atoms with Gasteiger partial charge in [0.15, 0.2) is 0 Å². The zero-order chi connectivity index (χ0) is 12.5. The molecule has 1 aromatic carbocycles. The van der Waals surface area contributed by atoms with Gasteiger partial charge >= 0.3 is 0 Å². The third-order valence-electron chi connectivity index (χ3n) is 3.74. The lowest BCUT2D eigenvalue weighted by Crippen LogP contribution is -2.29. The van der Waals surface area contributed by atoms with Crippen LogP contribution >= 0.6 is 11.8 Å². The van der Waals surface area contributed by atoms with Gasteiger partial charge in [0, 0.05) is 23.7 Å². The summed E-state index contributed by atoms with van der Waals surface area (Å²) >= 11 is 1.97. The number of fused-ring (bicyclic) bond motifs is 1. The number of para-hydroxylation sites is 1. The van der Waals surface area contributed by atoms with E-state index in [1.807, 2.05) is 11.8 Å². The van der Waals surface area contributed by atoms with Gasteiger partial charge in [0.1, 0.15) is 0 Å². The molecular formula is C14H19N3S. The number of thioether (sulfide) groups is 1. The Labute approximate surface area is 112 Å². The number of benzene rings is 1. The highest BCUT2D eigenvalue weighted by atomic mass is 32.2. The maximum Gasteiger partial charge on any atom is 0.0707 e. The van der Waals surface area contributed by atoms with E-state index >= 15 is 0 Å². The highest BCUT2D eigenvalue weighted by Gasteiger charge is 2.26. The van der Waals surface area contributed by atoms with Crippen molar-refractivity contribution in [2.45, 2.75) is 25.9 Å². The maximum absolute atomic E-state index is 6.15. The van der Waals surface area contributed by atoms with Crippen LogP contribution in [0.15, 0.2) is 24.3 Å². The molecule has 3 rings (SSSR count). The van der Waals surface area contributed by atoms with Gasteiger partial charge in [-0.05, 0) is 31.1 Å². The number of nitrogens with zero attached hydrogens (tertiary/aromatic N) is 2. The highest BCUT2D eigenvalue weighted by Crippen LogP contribution is 2.28. The summed E-state index contributed by atoms with van der Waals surface area (Å²) in [5, 5.41) is 6.05. The van der Waals surface area contributed by atoms with Crippen LogP contribution in [-0.4, -0.2) is 27.3 Å². The van der Waals surface area contributed by atoms with Crippen LogP contribution in [0.2, 0.25) is 0 Å². The summed E-state index contributed by atoms with van der Waals surface area (Å²) in [4.78, 5) is 0. The molecule has 2 atom stereocenters. The first-order chi connectivity index (χ1) is 8.79. The van der Waals surface area contributed by atoms with Gasteiger partial charge in [0.2, 0.25) is 0 Å². The van der Waals surface area contributed by atoms with Crippen molar-refractivity contribution >= 4 is 22.7 Å². The van der Waals surface area contributed by atoms with Crippen LogP contribution in [0.5, 0.6) is 0 Å². The quantitative estimate of drug-likeness (QED) is 0.922. The number of aryl methyl sites for hydroxylation is 1. The van der Waals surface area contributed by atoms with Crippen molar-refractivity contribution in [2.24, 2.45) is 11.7 Å². The molecule has 0 radical (unpaired) electrons. The highest BCUT2D eigenvalue weighted by molar-refractivity contribution is 7.99. The molecule has 0 spiro atoms. The molecule has 2 heterocycles. The van der Waals surface area contributed by atoms with Crippen molar-refractivity contribution < 1.29 is 0 Å². The standard InChI is InChI=1S/C14H19N3S/c1-2-17-14-6-4-3-5-11(14)13(16-17)7-10-8-18-9-12(10)15/h3-6,10,12H,2,7-9,15H2,1H3. The number of hydrogen-bond acceptors (Lipinski definition) is 3. The predicted octanol–water partition coefficient (Wildman–Crippen LogP) is 2.29. The van der Waals surface area contributed by atoms with Crippen molar-refractivity contribution in [1.82, 2.24) is 9.78 Å². The van der Waals surface area contributed by atoms with Crippen molar-refractivity contribution in [3.05, 3.63) is 30.0 Å². The lowest BCUT2D eigenvalue weighted by Gasteiger charge is -2.12. The fraction of sp³-hybridized carbons (Fsp3) is 0.500. The smallest absolute Gasteiger partial charge is 0.0707 e. The molecule has 96 valence electrons. The van der Waals surface area contributed by atoms with Crippen LogP contribution < -0.4 is 5.73 Å². The van der Waals surface area contributed by atoms with E-state index in [0.29, 0.717) is 12.0 Å². The van der Waals surface area contributed by atoms with Gasteiger partial charge in [-0.1, -0.05) is 18.2 Å². The molecule has 0 saturated carbocycles. The van der Waals surface area contributed by atoms with E-state index in [1.54, 1.807) is 0 Å². The second kappa shape index (κ2) is 4.94. The molecule has 1 fully saturated rings. The molecule has 1 saturated heterocycles. The number of aromatic nitrogens is 2. The molecule has 0 bridgehead atoms. The third-order valence-corrected chi connectivity index (χ3v) is 5.02. The van der Waals surface area contributed by atoms with Gasteiger partial charge in [-0.3, -0.25) is 4.68 Å². The largest absolute Gasteiger partial charge is 0.327 e. The SMILES string of the molecule is CCn1nc(CC2CSCC2N)c2ccccc21. The molecule has 2 unspecified atom stereocenters. The van der Waals surface area contributed by atoms with Crippen LogP contribution in [-0.2, 0) is 13.0 Å². The van der Waals surface area contributed by atoms with E-state index in [2.05, 4.69) is 35.9 Å². The number of nitrogens with two attached hydrogens (primary N) is 1. The molecule has 18 heavy (non-hydrogen) atoms. The molecule has 1 aliphatic rings. The van der Waals surface area contributed by atoms with Gasteiger partial charge in [0.05, 0.1) is 11.2 Å². The van der Waals surface area contributed by atoms with E-state index in [9.17, 15) is 0 Å². The average molecular weight is 261 g/mol. The van der Waals surface area contributed by atoms with Gasteiger partial charge < -0.3 is 5.73 Å². The monoisotopic (exact) mass is 261 g/mol. The first-order valence-corrected chi connectivity index (χ1v) is 7.72. The van der Waals surface area contributed by atoms with Crippen molar-refractivity contribution in [1.29, 1.82) is 0 Å². The Kier molecular flexibility index (Phi) is 3.31. The molecule has 4 heteroatoms. The number of rotatable bonds is 3. The molecular weight excluding hydrogens is 242 g/mol. The normalized spacial score (nSPS) is 23.9. The summed E-state index contributed by atoms with van der Waals surface area (Å²) < 4.78 is 2.10. The lowest BCUT2D eigenvalue weighted by atomic mass is 9.97. The molecule has 0 aliphatic carbocycles. The summed E-state index contributed by atoms with van der Waals surface area (Å²) in [6, 6.07) is 8.84. The van der Waals surface area contributed by atoms with E-state index < -0.39 is 0 Å². The Morgan fingerprint density at radius 2 is 2.22 bits per heavy atom. The summed E-state index contributed by atoms with van der Waals surface area (Å²) in [7, 11) is 0. The van der Waals surface area contributed by atoms with Crippen molar-refractivity contribution in [3.8, 4) is 0 Å². The van der Waals surface area contributed by atoms with Crippen molar-refractivity contribution in [2.75, 3.05) is 11.5 Å². The Hall–Kier alpha value is -1.00. The zero-order valence-electron chi connectivity index (χ0n) is 10.7. The van der Waals surface area contributed by atoms with Crippen LogP contribution in [0.25, 0.3) is 10.9 Å². The zero-order valence-corrected chi connectivity index (χ0v) is 11.5. The first-order valence-electron chi connectivity index (χ1n) is 6.57. The summed E-state index contributed by atoms with van der Waals surface area (Å²) in [6.45, 7) is 3.06. The Morgan fingerprint density at radius 1 is 1.39 bits per heavy atom. The van der Waals surface area contributed by atoms with E-state index in [0.717, 1.165) is 18.7 Å². The predicted molar refractivity (Wildman–Crippen MR) is 77.9 cm³/mol. The minimum atomic E-state index is 0.334. The van der Waals surface area contributed by atoms with Crippen LogP contribution in [0, 0.1) is 5.92 Å². The van der Waals surface area contributed by atoms with Crippen LogP contribution in [0.1, 0.15) is 12.6 Å². The first kappa shape index (κ1) is 12.1. The molecule has 1 aromatic heterocycles. The van der Waals surface area contributed by atoms with Gasteiger partial charge in [-0.25, -0.2) is 0 Å². The average Bonchev–Trinajstić information content (AvgIpc) is 2.95. The van der Waals surface area contributed by atoms with Gasteiger partial charge in [0.25, 0.3) is 0 Å². The topological polar surface area (TPSA) is 43.8 Å². The molecule has 3 nitrogen and oxygen atoms in total. The molecule has 2 N–H and O–H groups in total. The second-order valence-electron chi connectivity index (χ2n) is 4.95. The van der Waals surface area contributed by atoms with Crippen LogP contribution in [0.3, 0.4) is 0 Å². The third kappa shape index (κ3) is 2.04. The molecule has 2 aromatic rings. The van der Waals surface area contributed by atoms with Crippen LogP contribution in [0.4, 0.5) is 0 Å². The summed E-state index contributed by atoms with van der Waals surface area (Å²) in [5.41, 5.74) is 8.62. The van der Waals surface area contributed by atoms with E-state index in [4.69, 9.17) is 10.8 Å². The van der Waals surface area contributed by atoms with Gasteiger partial charge in [-0.15, -0.1) is 0 Å². The number of hydrogen-bond donors (Lipinski definition) is 1. The second-order valence-corrected chi connectivity index (χ2v) is 6.02. The summed E-state index contributed by atoms with van der Waals surface area (Å²) in [5.74, 6) is 2.85. The Balaban J connectivity index is 1.96. The minimum Gasteiger partial charge on any atom is -0.327 e. The Bertz CT molecular complexity index is 549. The molecule has 1 aliphatic heterocycles. The van der Waals surface area contributed by atoms with Gasteiger partial charge in [-0.2, -0.15) is 16.9 Å². The van der Waals surface area contributed by atoms with E-state index in [1.165, 1.54) is 22.3 Å². The summed E-state index contributed by atoms with van der Waals surface area (Å²) in [6.07, 6.45) is 1.02. The maximum atomic E-state index is 6.15.